The van der Waals surface area contributed by atoms with Crippen molar-refractivity contribution in [1.29, 1.82) is 0 Å². The molecule has 1 saturated carbocycles. The standard InChI is InChI=1S/C25H25N7OS/c26-23-28-24(27)30-25(29-23)34-15-20(33)32-22(17-10-5-2-6-11-17)19-13-7-12-18(21(19)31-32)14-16-8-3-1-4-9-16/h1-6,8-11,14,19,22H,7,12-13,15H2,(H4,26,27,28,29,30)/b18-14+/t19-,22-/m1/s1. The fourth-order valence-corrected chi connectivity index (χ4v) is 5.29. The fourth-order valence-electron chi connectivity index (χ4n) is 4.59. The number of aromatic nitrogens is 3. The topological polar surface area (TPSA) is 123 Å². The zero-order valence-electron chi connectivity index (χ0n) is 18.5. The van der Waals surface area contributed by atoms with Crippen LogP contribution in [0.4, 0.5) is 11.9 Å². The number of fused-ring (bicyclic) bond motifs is 1. The van der Waals surface area contributed by atoms with Crippen molar-refractivity contribution < 1.29 is 4.79 Å². The summed E-state index contributed by atoms with van der Waals surface area (Å²) in [6, 6.07) is 20.2. The van der Waals surface area contributed by atoms with Gasteiger partial charge in [-0.15, -0.1) is 0 Å². The van der Waals surface area contributed by atoms with E-state index < -0.39 is 0 Å². The smallest absolute Gasteiger partial charge is 0.253 e. The van der Waals surface area contributed by atoms with Crippen LogP contribution in [0.2, 0.25) is 0 Å². The molecule has 4 N–H and O–H groups in total. The first kappa shape index (κ1) is 22.1. The summed E-state index contributed by atoms with van der Waals surface area (Å²) >= 11 is 1.18. The number of carbonyl (C=O) groups is 1. The molecule has 2 aromatic carbocycles. The third kappa shape index (κ3) is 4.65. The summed E-state index contributed by atoms with van der Waals surface area (Å²) in [5.41, 5.74) is 15.8. The van der Waals surface area contributed by atoms with Crippen molar-refractivity contribution >= 4 is 41.4 Å². The molecule has 0 unspecified atom stereocenters. The molecule has 0 spiro atoms. The second kappa shape index (κ2) is 9.64. The van der Waals surface area contributed by atoms with E-state index in [4.69, 9.17) is 16.6 Å². The summed E-state index contributed by atoms with van der Waals surface area (Å²) in [6.07, 6.45) is 5.20. The lowest BCUT2D eigenvalue weighted by atomic mass is 9.77. The Balaban J connectivity index is 1.45. The Morgan fingerprint density at radius 3 is 2.38 bits per heavy atom. The third-order valence-corrected chi connectivity index (χ3v) is 6.84. The van der Waals surface area contributed by atoms with E-state index in [9.17, 15) is 4.79 Å². The van der Waals surface area contributed by atoms with E-state index >= 15 is 0 Å². The van der Waals surface area contributed by atoms with Crippen LogP contribution < -0.4 is 11.5 Å². The van der Waals surface area contributed by atoms with Gasteiger partial charge >= 0.3 is 0 Å². The number of benzene rings is 2. The molecule has 2 aliphatic rings. The zero-order chi connectivity index (χ0) is 23.5. The summed E-state index contributed by atoms with van der Waals surface area (Å²) in [5.74, 6) is 0.231. The Hall–Kier alpha value is -3.72. The third-order valence-electron chi connectivity index (χ3n) is 6.01. The maximum absolute atomic E-state index is 13.4. The van der Waals surface area contributed by atoms with E-state index in [1.165, 1.54) is 17.3 Å². The van der Waals surface area contributed by atoms with Crippen molar-refractivity contribution in [1.82, 2.24) is 20.0 Å². The van der Waals surface area contributed by atoms with Gasteiger partial charge in [0.1, 0.15) is 0 Å². The van der Waals surface area contributed by atoms with Crippen LogP contribution in [-0.4, -0.2) is 37.3 Å². The minimum absolute atomic E-state index is 0.0349. The summed E-state index contributed by atoms with van der Waals surface area (Å²) in [7, 11) is 0. The molecule has 172 valence electrons. The number of nitrogen functional groups attached to an aromatic ring is 2. The molecule has 1 aliphatic heterocycles. The van der Waals surface area contributed by atoms with Crippen LogP contribution in [0, 0.1) is 5.92 Å². The van der Waals surface area contributed by atoms with Crippen LogP contribution >= 0.6 is 11.8 Å². The predicted molar refractivity (Wildman–Crippen MR) is 135 cm³/mol. The van der Waals surface area contributed by atoms with Gasteiger partial charge in [-0.1, -0.05) is 72.4 Å². The van der Waals surface area contributed by atoms with Crippen LogP contribution in [0.25, 0.3) is 6.08 Å². The largest absolute Gasteiger partial charge is 0.368 e. The van der Waals surface area contributed by atoms with Crippen molar-refractivity contribution in [3.05, 3.63) is 77.4 Å². The summed E-state index contributed by atoms with van der Waals surface area (Å²) in [6.45, 7) is 0. The number of amides is 1. The van der Waals surface area contributed by atoms with E-state index in [-0.39, 0.29) is 35.5 Å². The van der Waals surface area contributed by atoms with Gasteiger partial charge in [0.15, 0.2) is 5.16 Å². The highest BCUT2D eigenvalue weighted by atomic mass is 32.2. The zero-order valence-corrected chi connectivity index (χ0v) is 19.4. The van der Waals surface area contributed by atoms with Gasteiger partial charge in [-0.25, -0.2) is 5.01 Å². The van der Waals surface area contributed by atoms with E-state index in [0.29, 0.717) is 5.16 Å². The molecule has 1 amide bonds. The van der Waals surface area contributed by atoms with Crippen molar-refractivity contribution in [3.63, 3.8) is 0 Å². The van der Waals surface area contributed by atoms with Crippen LogP contribution in [0.3, 0.4) is 0 Å². The molecule has 8 nitrogen and oxygen atoms in total. The minimum Gasteiger partial charge on any atom is -0.368 e. The Morgan fingerprint density at radius 1 is 1.00 bits per heavy atom. The Labute approximate surface area is 202 Å². The van der Waals surface area contributed by atoms with Crippen molar-refractivity contribution in [3.8, 4) is 0 Å². The number of hydrogen-bond acceptors (Lipinski definition) is 8. The SMILES string of the molecule is Nc1nc(N)nc(SCC(=O)N2N=C3/C(=C/c4ccccc4)CCC[C@H]3[C@H]2c2ccccc2)n1. The average molecular weight is 472 g/mol. The molecule has 0 radical (unpaired) electrons. The Bertz CT molecular complexity index is 1230. The first-order valence-electron chi connectivity index (χ1n) is 11.2. The maximum Gasteiger partial charge on any atom is 0.253 e. The monoisotopic (exact) mass is 471 g/mol. The number of nitrogens with two attached hydrogens (primary N) is 2. The lowest BCUT2D eigenvalue weighted by molar-refractivity contribution is -0.130. The van der Waals surface area contributed by atoms with Gasteiger partial charge < -0.3 is 11.5 Å². The molecule has 5 rings (SSSR count). The van der Waals surface area contributed by atoms with Gasteiger partial charge in [-0.05, 0) is 42.0 Å². The fraction of sp³-hybridized carbons (Fsp3) is 0.240. The van der Waals surface area contributed by atoms with Crippen LogP contribution in [0.5, 0.6) is 0 Å². The molecule has 0 bridgehead atoms. The molecule has 1 fully saturated rings. The van der Waals surface area contributed by atoms with Gasteiger partial charge in [-0.3, -0.25) is 4.79 Å². The highest BCUT2D eigenvalue weighted by Gasteiger charge is 2.43. The van der Waals surface area contributed by atoms with Crippen molar-refractivity contribution in [2.75, 3.05) is 17.2 Å². The van der Waals surface area contributed by atoms with Gasteiger partial charge in [0.2, 0.25) is 11.9 Å². The molecule has 1 aromatic heterocycles. The number of hydrazone groups is 1. The molecule has 2 atom stereocenters. The molecule has 9 heteroatoms. The Morgan fingerprint density at radius 2 is 1.68 bits per heavy atom. The summed E-state index contributed by atoms with van der Waals surface area (Å²) < 4.78 is 0. The van der Waals surface area contributed by atoms with E-state index in [2.05, 4.69) is 45.3 Å². The van der Waals surface area contributed by atoms with Crippen molar-refractivity contribution in [2.45, 2.75) is 30.5 Å². The van der Waals surface area contributed by atoms with Gasteiger partial charge in [-0.2, -0.15) is 20.1 Å². The molecular formula is C25H25N7OS. The first-order chi connectivity index (χ1) is 16.6. The number of anilines is 2. The molecular weight excluding hydrogens is 446 g/mol. The molecule has 0 saturated heterocycles. The van der Waals surface area contributed by atoms with E-state index in [1.54, 1.807) is 5.01 Å². The number of allylic oxidation sites excluding steroid dienone is 1. The predicted octanol–water partition coefficient (Wildman–Crippen LogP) is 3.95. The lowest BCUT2D eigenvalue weighted by Gasteiger charge is -2.29. The average Bonchev–Trinajstić information content (AvgIpc) is 3.24. The highest BCUT2D eigenvalue weighted by Crippen LogP contribution is 2.44. The number of thioether (sulfide) groups is 1. The highest BCUT2D eigenvalue weighted by molar-refractivity contribution is 7.99. The number of hydrogen-bond donors (Lipinski definition) is 2. The van der Waals surface area contributed by atoms with Gasteiger partial charge in [0.05, 0.1) is 17.5 Å². The minimum atomic E-state index is -0.141. The van der Waals surface area contributed by atoms with Crippen LogP contribution in [0.1, 0.15) is 36.4 Å². The molecule has 2 heterocycles. The second-order valence-corrected chi connectivity index (χ2v) is 9.22. The number of nitrogens with zero attached hydrogens (tertiary/aromatic N) is 5. The van der Waals surface area contributed by atoms with E-state index in [0.717, 1.165) is 36.1 Å². The van der Waals surface area contributed by atoms with Crippen LogP contribution in [-0.2, 0) is 4.79 Å². The normalized spacial score (nSPS) is 20.8. The second-order valence-electron chi connectivity index (χ2n) is 8.28. The molecule has 34 heavy (non-hydrogen) atoms. The summed E-state index contributed by atoms with van der Waals surface area (Å²) in [4.78, 5) is 25.3. The molecule has 3 aromatic rings. The number of carbonyl (C=O) groups excluding carboxylic acids is 1. The lowest BCUT2D eigenvalue weighted by Crippen LogP contribution is -2.32. The van der Waals surface area contributed by atoms with Gasteiger partial charge in [0.25, 0.3) is 5.91 Å². The van der Waals surface area contributed by atoms with E-state index in [1.807, 2.05) is 36.4 Å². The van der Waals surface area contributed by atoms with Gasteiger partial charge in [0, 0.05) is 5.92 Å². The van der Waals surface area contributed by atoms with Crippen molar-refractivity contribution in [2.24, 2.45) is 11.0 Å². The summed E-state index contributed by atoms with van der Waals surface area (Å²) in [5, 5.41) is 6.88. The maximum atomic E-state index is 13.4. The van der Waals surface area contributed by atoms with Crippen LogP contribution in [0.15, 0.2) is 76.5 Å². The number of rotatable bonds is 5. The quantitative estimate of drug-likeness (QED) is 0.540. The first-order valence-corrected chi connectivity index (χ1v) is 12.2. The molecule has 1 aliphatic carbocycles. The Kier molecular flexibility index (Phi) is 6.27.